The third-order valence-electron chi connectivity index (χ3n) is 7.15. The molecule has 0 amide bonds. The van der Waals surface area contributed by atoms with Crippen LogP contribution in [0.1, 0.15) is 67.2 Å². The lowest BCUT2D eigenvalue weighted by Crippen LogP contribution is -2.67. The minimum atomic E-state index is -6.26. The van der Waals surface area contributed by atoms with E-state index in [0.29, 0.717) is 0 Å². The van der Waals surface area contributed by atoms with E-state index in [4.69, 9.17) is 0 Å². The van der Waals surface area contributed by atoms with Crippen molar-refractivity contribution in [2.75, 3.05) is 0 Å². The van der Waals surface area contributed by atoms with Gasteiger partial charge in [-0.3, -0.25) is 0 Å². The van der Waals surface area contributed by atoms with E-state index in [0.717, 1.165) is 27.7 Å². The van der Waals surface area contributed by atoms with E-state index in [1.807, 2.05) is 0 Å². The Morgan fingerprint density at radius 3 is 1.21 bits per heavy atom. The van der Waals surface area contributed by atoms with Crippen molar-refractivity contribution in [3.8, 4) is 0 Å². The lowest BCUT2D eigenvalue weighted by molar-refractivity contribution is -0.123. The molecule has 8 unspecified atom stereocenters. The fourth-order valence-electron chi connectivity index (χ4n) is 5.29. The number of rotatable bonds is 6. The highest BCUT2D eigenvalue weighted by molar-refractivity contribution is 8.01. The molecule has 2 fully saturated rings. The molecule has 33 heavy (non-hydrogen) atoms. The number of halogens is 6. The van der Waals surface area contributed by atoms with Gasteiger partial charge in [0.05, 0.1) is 0 Å². The smallest absolute Gasteiger partial charge is 0.244 e. The Bertz CT molecular complexity index is 884. The zero-order valence-corrected chi connectivity index (χ0v) is 21.1. The average Bonchev–Trinajstić information content (AvgIpc) is 2.62. The third kappa shape index (κ3) is 3.91. The summed E-state index contributed by atoms with van der Waals surface area (Å²) < 4.78 is 148. The first-order chi connectivity index (χ1) is 14.6. The van der Waals surface area contributed by atoms with Crippen LogP contribution in [-0.2, 0) is 23.9 Å². The summed E-state index contributed by atoms with van der Waals surface area (Å²) in [5.74, 6) is -5.28. The summed E-state index contributed by atoms with van der Waals surface area (Å²) in [6, 6.07) is 0. The van der Waals surface area contributed by atoms with Gasteiger partial charge in [0, 0.05) is 12.8 Å². The van der Waals surface area contributed by atoms with Crippen LogP contribution in [-0.4, -0.2) is 50.5 Å². The summed E-state index contributed by atoms with van der Waals surface area (Å²) in [6.07, 6.45) is -8.73. The van der Waals surface area contributed by atoms with Crippen molar-refractivity contribution in [1.29, 1.82) is 0 Å². The molecule has 2 aliphatic rings. The van der Waals surface area contributed by atoms with E-state index in [-0.39, 0.29) is 0 Å². The highest BCUT2D eigenvalue weighted by Crippen LogP contribution is 2.57. The van der Waals surface area contributed by atoms with Gasteiger partial charge in [0.1, 0.15) is 12.3 Å². The maximum Gasteiger partial charge on any atom is 0.320 e. The SMILES string of the molecule is CC1CC(F)C(F)(C(C)C)C(F)(S(=O)(=O)OS(=O)(=O)C2(F)CC(C)CC(F)C2(F)C(C)C)C1. The molecule has 0 heterocycles. The Balaban J connectivity index is 2.66. The number of hydrogen-bond donors (Lipinski definition) is 0. The molecule has 0 aromatic heterocycles. The van der Waals surface area contributed by atoms with Gasteiger partial charge < -0.3 is 0 Å². The molecule has 2 rings (SSSR count). The molecule has 5 nitrogen and oxygen atoms in total. The molecule has 13 heteroatoms. The highest BCUT2D eigenvalue weighted by atomic mass is 32.3. The Kier molecular flexibility index (Phi) is 7.41. The molecule has 0 saturated heterocycles. The average molecular weight is 531 g/mol. The summed E-state index contributed by atoms with van der Waals surface area (Å²) in [5, 5.41) is -8.44. The van der Waals surface area contributed by atoms with E-state index in [1.54, 1.807) is 0 Å². The maximum absolute atomic E-state index is 16.0. The molecule has 196 valence electrons. The fourth-order valence-corrected chi connectivity index (χ4v) is 9.57. The van der Waals surface area contributed by atoms with Crippen LogP contribution in [0.25, 0.3) is 0 Å². The van der Waals surface area contributed by atoms with Crippen molar-refractivity contribution in [2.24, 2.45) is 23.7 Å². The van der Waals surface area contributed by atoms with E-state index in [2.05, 4.69) is 3.63 Å². The van der Waals surface area contributed by atoms with E-state index in [9.17, 15) is 25.6 Å². The van der Waals surface area contributed by atoms with E-state index < -0.39 is 103 Å². The molecule has 0 aliphatic heterocycles. The van der Waals surface area contributed by atoms with Gasteiger partial charge in [-0.1, -0.05) is 41.5 Å². The minimum Gasteiger partial charge on any atom is -0.244 e. The zero-order chi connectivity index (χ0) is 26.0. The first kappa shape index (κ1) is 28.7. The van der Waals surface area contributed by atoms with Crippen molar-refractivity contribution >= 4 is 20.2 Å². The van der Waals surface area contributed by atoms with Crippen LogP contribution in [0.2, 0.25) is 0 Å². The van der Waals surface area contributed by atoms with Gasteiger partial charge in [-0.2, -0.15) is 16.8 Å². The van der Waals surface area contributed by atoms with E-state index >= 15 is 17.6 Å². The molecule has 0 bridgehead atoms. The molecule has 0 aromatic carbocycles. The molecule has 0 spiro atoms. The maximum atomic E-state index is 16.0. The largest absolute Gasteiger partial charge is 0.320 e. The standard InChI is InChI=1S/C20H32F6O5S2/c1-11(2)19(25)15(21)7-13(5)9-17(19,23)32(27,28)31-33(29,30)18(24)10-14(6)8-16(22)20(18,26)12(3)4/h11-16H,7-10H2,1-6H3. The van der Waals surface area contributed by atoms with Crippen molar-refractivity contribution in [1.82, 2.24) is 0 Å². The van der Waals surface area contributed by atoms with Gasteiger partial charge >= 0.3 is 20.2 Å². The molecule has 0 N–H and O–H groups in total. The van der Waals surface area contributed by atoms with Crippen molar-refractivity contribution < 1.29 is 46.8 Å². The minimum absolute atomic E-state index is 0.544. The molecule has 0 radical (unpaired) electrons. The third-order valence-corrected chi connectivity index (χ3v) is 11.1. The summed E-state index contributed by atoms with van der Waals surface area (Å²) in [6.45, 7) is 6.45. The first-order valence-corrected chi connectivity index (χ1v) is 13.7. The lowest BCUT2D eigenvalue weighted by Gasteiger charge is -2.49. The highest BCUT2D eigenvalue weighted by Gasteiger charge is 2.75. The molecule has 2 aliphatic carbocycles. The molecular formula is C20H32F6O5S2. The Morgan fingerprint density at radius 2 is 0.970 bits per heavy atom. The van der Waals surface area contributed by atoms with Gasteiger partial charge in [0.2, 0.25) is 0 Å². The van der Waals surface area contributed by atoms with Crippen LogP contribution in [0, 0.1) is 23.7 Å². The summed E-state index contributed by atoms with van der Waals surface area (Å²) in [4.78, 5) is 0. The van der Waals surface area contributed by atoms with Crippen molar-refractivity contribution in [3.05, 3.63) is 0 Å². The predicted octanol–water partition coefficient (Wildman–Crippen LogP) is 5.26. The zero-order valence-electron chi connectivity index (χ0n) is 19.4. The van der Waals surface area contributed by atoms with Crippen LogP contribution in [0.4, 0.5) is 26.3 Å². The van der Waals surface area contributed by atoms with Gasteiger partial charge in [-0.15, -0.1) is 3.63 Å². The quantitative estimate of drug-likeness (QED) is 0.438. The topological polar surface area (TPSA) is 77.5 Å². The van der Waals surface area contributed by atoms with Gasteiger partial charge in [-0.05, 0) is 36.5 Å². The van der Waals surface area contributed by atoms with E-state index in [1.165, 1.54) is 13.8 Å². The second-order valence-electron chi connectivity index (χ2n) is 10.3. The Morgan fingerprint density at radius 1 is 0.697 bits per heavy atom. The summed E-state index contributed by atoms with van der Waals surface area (Å²) in [5.41, 5.74) is -7.46. The number of hydrogen-bond acceptors (Lipinski definition) is 5. The Labute approximate surface area is 191 Å². The van der Waals surface area contributed by atoms with Crippen molar-refractivity contribution in [3.63, 3.8) is 0 Å². The Hall–Kier alpha value is -0.560. The van der Waals surface area contributed by atoms with Gasteiger partial charge in [0.15, 0.2) is 11.3 Å². The molecule has 2 saturated carbocycles. The normalized spacial score (nSPS) is 45.5. The van der Waals surface area contributed by atoms with Crippen LogP contribution < -0.4 is 0 Å². The van der Waals surface area contributed by atoms with Crippen LogP contribution in [0.3, 0.4) is 0 Å². The second kappa shape index (κ2) is 8.53. The number of alkyl halides is 6. The van der Waals surface area contributed by atoms with Crippen LogP contribution >= 0.6 is 0 Å². The monoisotopic (exact) mass is 530 g/mol. The molecular weight excluding hydrogens is 498 g/mol. The summed E-state index contributed by atoms with van der Waals surface area (Å²) >= 11 is 0. The predicted molar refractivity (Wildman–Crippen MR) is 111 cm³/mol. The second-order valence-corrected chi connectivity index (χ2v) is 14.0. The lowest BCUT2D eigenvalue weighted by atomic mass is 9.72. The van der Waals surface area contributed by atoms with Crippen LogP contribution in [0.5, 0.6) is 0 Å². The van der Waals surface area contributed by atoms with Gasteiger partial charge in [0.25, 0.3) is 10.0 Å². The van der Waals surface area contributed by atoms with Gasteiger partial charge in [-0.25, -0.2) is 26.3 Å². The van der Waals surface area contributed by atoms with Crippen LogP contribution in [0.15, 0.2) is 0 Å². The summed E-state index contributed by atoms with van der Waals surface area (Å²) in [7, 11) is -12.5. The molecule has 8 atom stereocenters. The van der Waals surface area contributed by atoms with Crippen molar-refractivity contribution in [2.45, 2.75) is 101 Å². The first-order valence-electron chi connectivity index (χ1n) is 10.9. The molecule has 0 aromatic rings. The fraction of sp³-hybridized carbons (Fsp3) is 1.00.